The fourth-order valence-electron chi connectivity index (χ4n) is 3.93. The number of rotatable bonds is 9. The normalized spacial score (nSPS) is 13.8. The summed E-state index contributed by atoms with van der Waals surface area (Å²) in [5.74, 6) is 0.310. The van der Waals surface area contributed by atoms with E-state index in [1.54, 1.807) is 24.3 Å². The zero-order valence-corrected chi connectivity index (χ0v) is 20.7. The van der Waals surface area contributed by atoms with Crippen LogP contribution in [0, 0.1) is 0 Å². The SMILES string of the molecule is COc1cc(NC(=O)[C@@H](Cc2ccccc2)NS(=O)(=O)c2ccc3c(c2)CCC(=O)N3)cc(OC)c1. The number of methoxy groups -OCH3 is 2. The second kappa shape index (κ2) is 10.8. The average molecular weight is 510 g/mol. The molecule has 188 valence electrons. The molecule has 1 aliphatic rings. The summed E-state index contributed by atoms with van der Waals surface area (Å²) in [5, 5.41) is 5.50. The van der Waals surface area contributed by atoms with E-state index in [9.17, 15) is 18.0 Å². The van der Waals surface area contributed by atoms with Crippen LogP contribution >= 0.6 is 0 Å². The molecule has 0 unspecified atom stereocenters. The molecule has 0 aliphatic carbocycles. The van der Waals surface area contributed by atoms with Gasteiger partial charge in [-0.2, -0.15) is 4.72 Å². The number of nitrogens with one attached hydrogen (secondary N) is 3. The lowest BCUT2D eigenvalue weighted by atomic mass is 10.0. The molecule has 36 heavy (non-hydrogen) atoms. The molecule has 1 heterocycles. The van der Waals surface area contributed by atoms with Crippen LogP contribution in [0.2, 0.25) is 0 Å². The molecule has 0 radical (unpaired) electrons. The van der Waals surface area contributed by atoms with Gasteiger partial charge >= 0.3 is 0 Å². The third-order valence-electron chi connectivity index (χ3n) is 5.80. The number of hydrogen-bond donors (Lipinski definition) is 3. The van der Waals surface area contributed by atoms with Gasteiger partial charge in [0.1, 0.15) is 17.5 Å². The molecule has 0 saturated carbocycles. The van der Waals surface area contributed by atoms with Crippen molar-refractivity contribution in [1.82, 2.24) is 4.72 Å². The Kier molecular flexibility index (Phi) is 7.56. The molecule has 0 bridgehead atoms. The van der Waals surface area contributed by atoms with Gasteiger partial charge in [0.2, 0.25) is 21.8 Å². The minimum Gasteiger partial charge on any atom is -0.497 e. The Morgan fingerprint density at radius 1 is 0.972 bits per heavy atom. The van der Waals surface area contributed by atoms with E-state index in [-0.39, 0.29) is 23.6 Å². The molecule has 0 fully saturated rings. The number of amides is 2. The molecule has 3 aromatic rings. The summed E-state index contributed by atoms with van der Waals surface area (Å²) in [4.78, 5) is 25.0. The van der Waals surface area contributed by atoms with E-state index >= 15 is 0 Å². The average Bonchev–Trinajstić information content (AvgIpc) is 2.88. The van der Waals surface area contributed by atoms with Gasteiger partial charge in [-0.25, -0.2) is 8.42 Å². The van der Waals surface area contributed by atoms with Crippen LogP contribution in [0.1, 0.15) is 17.5 Å². The Balaban J connectivity index is 1.61. The summed E-state index contributed by atoms with van der Waals surface area (Å²) < 4.78 is 39.7. The highest BCUT2D eigenvalue weighted by atomic mass is 32.2. The Labute approximate surface area is 209 Å². The van der Waals surface area contributed by atoms with Crippen molar-refractivity contribution in [3.05, 3.63) is 77.9 Å². The van der Waals surface area contributed by atoms with E-state index in [1.807, 2.05) is 30.3 Å². The molecule has 0 aromatic heterocycles. The highest BCUT2D eigenvalue weighted by molar-refractivity contribution is 7.89. The molecule has 2 amide bonds. The lowest BCUT2D eigenvalue weighted by molar-refractivity contribution is -0.118. The number of carbonyl (C=O) groups excluding carboxylic acids is 2. The minimum atomic E-state index is -4.06. The molecule has 3 N–H and O–H groups in total. The molecule has 9 nitrogen and oxygen atoms in total. The van der Waals surface area contributed by atoms with Gasteiger partial charge in [-0.3, -0.25) is 9.59 Å². The Morgan fingerprint density at radius 3 is 2.33 bits per heavy atom. The number of fused-ring (bicyclic) bond motifs is 1. The molecular weight excluding hydrogens is 482 g/mol. The third kappa shape index (κ3) is 6.02. The number of ether oxygens (including phenoxy) is 2. The van der Waals surface area contributed by atoms with E-state index in [0.29, 0.717) is 29.3 Å². The number of anilines is 2. The smallest absolute Gasteiger partial charge is 0.242 e. The zero-order valence-electron chi connectivity index (χ0n) is 19.9. The monoisotopic (exact) mass is 509 g/mol. The van der Waals surface area contributed by atoms with Crippen molar-refractivity contribution in [1.29, 1.82) is 0 Å². The first-order chi connectivity index (χ1) is 17.3. The van der Waals surface area contributed by atoms with Gasteiger partial charge in [-0.05, 0) is 42.2 Å². The number of carbonyl (C=O) groups is 2. The van der Waals surface area contributed by atoms with Gasteiger partial charge in [0, 0.05) is 36.0 Å². The highest BCUT2D eigenvalue weighted by Gasteiger charge is 2.28. The summed E-state index contributed by atoms with van der Waals surface area (Å²) in [6, 6.07) is 17.4. The molecule has 1 aliphatic heterocycles. The molecule has 3 aromatic carbocycles. The lowest BCUT2D eigenvalue weighted by Crippen LogP contribution is -2.45. The number of benzene rings is 3. The van der Waals surface area contributed by atoms with Crippen LogP contribution in [-0.2, 0) is 32.5 Å². The third-order valence-corrected chi connectivity index (χ3v) is 7.27. The second-order valence-corrected chi connectivity index (χ2v) is 10.0. The maximum Gasteiger partial charge on any atom is 0.242 e. The van der Waals surface area contributed by atoms with Crippen LogP contribution in [0.4, 0.5) is 11.4 Å². The Hall–Kier alpha value is -3.89. The first kappa shape index (κ1) is 25.2. The van der Waals surface area contributed by atoms with E-state index in [2.05, 4.69) is 15.4 Å². The molecule has 0 spiro atoms. The fourth-order valence-corrected chi connectivity index (χ4v) is 5.17. The van der Waals surface area contributed by atoms with Crippen molar-refractivity contribution < 1.29 is 27.5 Å². The summed E-state index contributed by atoms with van der Waals surface area (Å²) >= 11 is 0. The van der Waals surface area contributed by atoms with Crippen LogP contribution in [0.15, 0.2) is 71.6 Å². The number of aryl methyl sites for hydroxylation is 1. The van der Waals surface area contributed by atoms with Crippen LogP contribution < -0.4 is 24.8 Å². The van der Waals surface area contributed by atoms with Gasteiger partial charge in [0.05, 0.1) is 19.1 Å². The highest BCUT2D eigenvalue weighted by Crippen LogP contribution is 2.27. The summed E-state index contributed by atoms with van der Waals surface area (Å²) in [5.41, 5.74) is 2.51. The number of sulfonamides is 1. The molecule has 4 rings (SSSR count). The van der Waals surface area contributed by atoms with E-state index in [0.717, 1.165) is 11.1 Å². The van der Waals surface area contributed by atoms with Crippen molar-refractivity contribution in [2.24, 2.45) is 0 Å². The Morgan fingerprint density at radius 2 is 1.67 bits per heavy atom. The van der Waals surface area contributed by atoms with Gasteiger partial charge < -0.3 is 20.1 Å². The molecular formula is C26H27N3O6S. The fraction of sp³-hybridized carbons (Fsp3) is 0.231. The topological polar surface area (TPSA) is 123 Å². The van der Waals surface area contributed by atoms with Crippen LogP contribution in [0.25, 0.3) is 0 Å². The quantitative estimate of drug-likeness (QED) is 0.407. The molecule has 0 saturated heterocycles. The predicted octanol–water partition coefficient (Wildman–Crippen LogP) is 3.12. The largest absolute Gasteiger partial charge is 0.497 e. The Bertz CT molecular complexity index is 1350. The molecule has 1 atom stereocenters. The van der Waals surface area contributed by atoms with Crippen molar-refractivity contribution in [3.63, 3.8) is 0 Å². The van der Waals surface area contributed by atoms with E-state index in [4.69, 9.17) is 9.47 Å². The number of hydrogen-bond acceptors (Lipinski definition) is 6. The molecule has 10 heteroatoms. The van der Waals surface area contributed by atoms with Crippen LogP contribution in [0.5, 0.6) is 11.5 Å². The van der Waals surface area contributed by atoms with E-state index < -0.39 is 22.0 Å². The van der Waals surface area contributed by atoms with Crippen molar-refractivity contribution in [2.45, 2.75) is 30.2 Å². The van der Waals surface area contributed by atoms with Gasteiger partial charge in [-0.15, -0.1) is 0 Å². The van der Waals surface area contributed by atoms with Crippen molar-refractivity contribution >= 4 is 33.2 Å². The predicted molar refractivity (Wildman–Crippen MR) is 136 cm³/mol. The van der Waals surface area contributed by atoms with Crippen LogP contribution in [0.3, 0.4) is 0 Å². The summed E-state index contributed by atoms with van der Waals surface area (Å²) in [7, 11) is -1.07. The zero-order chi connectivity index (χ0) is 25.7. The van der Waals surface area contributed by atoms with Crippen molar-refractivity contribution in [3.8, 4) is 11.5 Å². The van der Waals surface area contributed by atoms with Crippen molar-refractivity contribution in [2.75, 3.05) is 24.9 Å². The lowest BCUT2D eigenvalue weighted by Gasteiger charge is -2.21. The van der Waals surface area contributed by atoms with Gasteiger partial charge in [0.15, 0.2) is 0 Å². The standard InChI is InChI=1S/C26H27N3O6S/c1-34-20-14-19(15-21(16-20)35-2)27-26(31)24(12-17-6-4-3-5-7-17)29-36(32,33)22-9-10-23-18(13-22)8-11-25(30)28-23/h3-7,9-10,13-16,24,29H,8,11-12H2,1-2H3,(H,27,31)(H,28,30)/t24-/m1/s1. The van der Waals surface area contributed by atoms with Gasteiger partial charge in [0.25, 0.3) is 0 Å². The van der Waals surface area contributed by atoms with Crippen LogP contribution in [-0.4, -0.2) is 40.5 Å². The second-order valence-electron chi connectivity index (χ2n) is 8.32. The first-order valence-electron chi connectivity index (χ1n) is 11.3. The minimum absolute atomic E-state index is 0.0197. The maximum absolute atomic E-state index is 13.3. The van der Waals surface area contributed by atoms with E-state index in [1.165, 1.54) is 26.4 Å². The maximum atomic E-state index is 13.3. The summed E-state index contributed by atoms with van der Waals surface area (Å²) in [6.45, 7) is 0. The van der Waals surface area contributed by atoms with Gasteiger partial charge in [-0.1, -0.05) is 30.3 Å². The first-order valence-corrected chi connectivity index (χ1v) is 12.8. The summed E-state index contributed by atoms with van der Waals surface area (Å²) in [6.07, 6.45) is 0.858.